The summed E-state index contributed by atoms with van der Waals surface area (Å²) in [5.74, 6) is 1.44. The summed E-state index contributed by atoms with van der Waals surface area (Å²) < 4.78 is 7.02. The Hall–Kier alpha value is -3.41. The van der Waals surface area contributed by atoms with E-state index in [1.165, 1.54) is 6.26 Å². The molecule has 10 heteroatoms. The van der Waals surface area contributed by atoms with Gasteiger partial charge in [-0.1, -0.05) is 18.2 Å². The summed E-state index contributed by atoms with van der Waals surface area (Å²) in [6.45, 7) is 1.06. The van der Waals surface area contributed by atoms with Crippen LogP contribution in [0.5, 0.6) is 0 Å². The van der Waals surface area contributed by atoms with Gasteiger partial charge in [0.1, 0.15) is 0 Å². The lowest BCUT2D eigenvalue weighted by Gasteiger charge is -2.12. The van der Waals surface area contributed by atoms with Crippen molar-refractivity contribution in [2.24, 2.45) is 4.99 Å². The Morgan fingerprint density at radius 3 is 2.58 bits per heavy atom. The lowest BCUT2D eigenvalue weighted by molar-refractivity contribution is 0.0996. The second kappa shape index (κ2) is 10.6. The van der Waals surface area contributed by atoms with Gasteiger partial charge < -0.3 is 20.4 Å². The average molecular weight is 531 g/mol. The molecule has 9 nitrogen and oxygen atoms in total. The highest BCUT2D eigenvalue weighted by atomic mass is 127. The Labute approximate surface area is 196 Å². The molecule has 1 amide bonds. The van der Waals surface area contributed by atoms with Crippen LogP contribution in [0.3, 0.4) is 0 Å². The number of rotatable bonds is 6. The molecule has 4 rings (SSSR count). The molecular formula is C21H22IN7O2. The van der Waals surface area contributed by atoms with Crippen molar-refractivity contribution in [2.45, 2.75) is 13.1 Å². The molecule has 4 aromatic rings. The van der Waals surface area contributed by atoms with E-state index in [1.54, 1.807) is 19.2 Å². The van der Waals surface area contributed by atoms with Gasteiger partial charge in [-0.3, -0.25) is 14.2 Å². The van der Waals surface area contributed by atoms with E-state index in [-0.39, 0.29) is 35.6 Å². The van der Waals surface area contributed by atoms with Gasteiger partial charge in [0.2, 0.25) is 0 Å². The zero-order chi connectivity index (χ0) is 20.8. The van der Waals surface area contributed by atoms with E-state index in [0.29, 0.717) is 24.7 Å². The van der Waals surface area contributed by atoms with E-state index in [9.17, 15) is 4.79 Å². The van der Waals surface area contributed by atoms with Crippen LogP contribution in [0.1, 0.15) is 21.9 Å². The van der Waals surface area contributed by atoms with Crippen molar-refractivity contribution in [1.82, 2.24) is 25.2 Å². The summed E-state index contributed by atoms with van der Waals surface area (Å²) in [6.07, 6.45) is 3.39. The second-order valence-corrected chi connectivity index (χ2v) is 6.45. The van der Waals surface area contributed by atoms with Crippen LogP contribution in [0.4, 0.5) is 5.69 Å². The molecule has 31 heavy (non-hydrogen) atoms. The third kappa shape index (κ3) is 5.60. The number of guanidine groups is 1. The van der Waals surface area contributed by atoms with Gasteiger partial charge in [-0.05, 0) is 42.0 Å². The van der Waals surface area contributed by atoms with Gasteiger partial charge in [-0.15, -0.1) is 34.2 Å². The average Bonchev–Trinajstić information content (AvgIpc) is 3.45. The minimum Gasteiger partial charge on any atom is -0.459 e. The van der Waals surface area contributed by atoms with Crippen LogP contribution >= 0.6 is 24.0 Å². The van der Waals surface area contributed by atoms with Crippen molar-refractivity contribution < 1.29 is 9.21 Å². The van der Waals surface area contributed by atoms with Crippen LogP contribution in [0, 0.1) is 0 Å². The molecule has 160 valence electrons. The fraction of sp³-hybridized carbons (Fsp3) is 0.143. The molecule has 0 atom stereocenters. The Kier molecular flexibility index (Phi) is 7.60. The molecule has 0 unspecified atom stereocenters. The molecule has 3 N–H and O–H groups in total. The molecule has 0 saturated carbocycles. The maximum absolute atomic E-state index is 12.0. The maximum Gasteiger partial charge on any atom is 0.291 e. The predicted molar refractivity (Wildman–Crippen MR) is 129 cm³/mol. The number of carbonyl (C=O) groups is 1. The van der Waals surface area contributed by atoms with Gasteiger partial charge >= 0.3 is 0 Å². The third-order valence-electron chi connectivity index (χ3n) is 4.44. The standard InChI is InChI=1S/C21H21N7O2.HI/c1-22-21(24-14-19-27-26-18-6-2-3-11-28(18)19)23-13-15-7-9-16(10-8-15)25-20(29)17-5-4-12-30-17;/h2-12H,13-14H2,1H3,(H,25,29)(H2,22,23,24);1H. The Bertz CT molecular complexity index is 1150. The van der Waals surface area contributed by atoms with Crippen molar-refractivity contribution in [3.8, 4) is 0 Å². The summed E-state index contributed by atoms with van der Waals surface area (Å²) in [6, 6.07) is 16.6. The number of anilines is 1. The normalized spacial score (nSPS) is 11.1. The number of benzene rings is 1. The number of hydrogen-bond donors (Lipinski definition) is 3. The number of aliphatic imine (C=N–C) groups is 1. The van der Waals surface area contributed by atoms with Gasteiger partial charge in [0, 0.05) is 25.5 Å². The smallest absolute Gasteiger partial charge is 0.291 e. The van der Waals surface area contributed by atoms with Gasteiger partial charge in [-0.25, -0.2) is 0 Å². The van der Waals surface area contributed by atoms with E-state index < -0.39 is 0 Å². The third-order valence-corrected chi connectivity index (χ3v) is 4.44. The van der Waals surface area contributed by atoms with Gasteiger partial charge in [0.05, 0.1) is 12.8 Å². The molecule has 0 spiro atoms. The van der Waals surface area contributed by atoms with E-state index in [1.807, 2.05) is 53.1 Å². The number of aromatic nitrogens is 3. The Morgan fingerprint density at radius 1 is 1.03 bits per heavy atom. The molecule has 0 aliphatic heterocycles. The number of carbonyl (C=O) groups excluding carboxylic acids is 1. The summed E-state index contributed by atoms with van der Waals surface area (Å²) in [5, 5.41) is 17.6. The number of nitrogens with zero attached hydrogens (tertiary/aromatic N) is 4. The van der Waals surface area contributed by atoms with Crippen molar-refractivity contribution in [3.05, 3.63) is 84.2 Å². The highest BCUT2D eigenvalue weighted by Crippen LogP contribution is 2.12. The zero-order valence-corrected chi connectivity index (χ0v) is 19.1. The first kappa shape index (κ1) is 22.3. The van der Waals surface area contributed by atoms with E-state index in [0.717, 1.165) is 17.0 Å². The minimum absolute atomic E-state index is 0. The summed E-state index contributed by atoms with van der Waals surface area (Å²) in [5.41, 5.74) is 2.54. The summed E-state index contributed by atoms with van der Waals surface area (Å²) >= 11 is 0. The van der Waals surface area contributed by atoms with Gasteiger partial charge in [0.25, 0.3) is 5.91 Å². The SMILES string of the molecule is CN=C(NCc1ccc(NC(=O)c2ccco2)cc1)NCc1nnc2ccccn12.I. The Balaban J connectivity index is 0.00000272. The van der Waals surface area contributed by atoms with E-state index >= 15 is 0 Å². The first-order chi connectivity index (χ1) is 14.7. The highest BCUT2D eigenvalue weighted by Gasteiger charge is 2.09. The number of halogens is 1. The van der Waals surface area contributed by atoms with Crippen molar-refractivity contribution in [1.29, 1.82) is 0 Å². The summed E-state index contributed by atoms with van der Waals surface area (Å²) in [4.78, 5) is 16.3. The van der Waals surface area contributed by atoms with E-state index in [4.69, 9.17) is 4.42 Å². The van der Waals surface area contributed by atoms with Crippen LogP contribution in [-0.4, -0.2) is 33.5 Å². The molecule has 0 radical (unpaired) electrons. The Morgan fingerprint density at radius 2 is 1.84 bits per heavy atom. The van der Waals surface area contributed by atoms with Gasteiger partial charge in [-0.2, -0.15) is 0 Å². The van der Waals surface area contributed by atoms with E-state index in [2.05, 4.69) is 31.1 Å². The predicted octanol–water partition coefficient (Wildman–Crippen LogP) is 3.06. The molecule has 0 aliphatic rings. The number of fused-ring (bicyclic) bond motifs is 1. The van der Waals surface area contributed by atoms with Crippen molar-refractivity contribution in [3.63, 3.8) is 0 Å². The fourth-order valence-electron chi connectivity index (χ4n) is 2.89. The number of pyridine rings is 1. The quantitative estimate of drug-likeness (QED) is 0.201. The molecule has 0 aliphatic carbocycles. The van der Waals surface area contributed by atoms with Crippen LogP contribution in [-0.2, 0) is 13.1 Å². The monoisotopic (exact) mass is 531 g/mol. The number of amides is 1. The molecular weight excluding hydrogens is 509 g/mol. The minimum atomic E-state index is -0.281. The van der Waals surface area contributed by atoms with Crippen LogP contribution in [0.15, 0.2) is 76.5 Å². The van der Waals surface area contributed by atoms with Crippen LogP contribution in [0.2, 0.25) is 0 Å². The topological polar surface area (TPSA) is 109 Å². The molecule has 1 aromatic carbocycles. The lowest BCUT2D eigenvalue weighted by Crippen LogP contribution is -2.36. The number of nitrogens with one attached hydrogen (secondary N) is 3. The number of hydrogen-bond acceptors (Lipinski definition) is 5. The molecule has 0 fully saturated rings. The molecule has 0 saturated heterocycles. The van der Waals surface area contributed by atoms with Crippen molar-refractivity contribution in [2.75, 3.05) is 12.4 Å². The van der Waals surface area contributed by atoms with Crippen LogP contribution in [0.25, 0.3) is 5.65 Å². The molecule has 3 aromatic heterocycles. The lowest BCUT2D eigenvalue weighted by atomic mass is 10.2. The highest BCUT2D eigenvalue weighted by molar-refractivity contribution is 14.0. The largest absolute Gasteiger partial charge is 0.459 e. The maximum atomic E-state index is 12.0. The fourth-order valence-corrected chi connectivity index (χ4v) is 2.89. The first-order valence-corrected chi connectivity index (χ1v) is 9.40. The zero-order valence-electron chi connectivity index (χ0n) is 16.8. The second-order valence-electron chi connectivity index (χ2n) is 6.45. The van der Waals surface area contributed by atoms with Gasteiger partial charge in [0.15, 0.2) is 23.2 Å². The number of furan rings is 1. The summed E-state index contributed by atoms with van der Waals surface area (Å²) in [7, 11) is 1.71. The van der Waals surface area contributed by atoms with Crippen LogP contribution < -0.4 is 16.0 Å². The molecule has 3 heterocycles. The molecule has 0 bridgehead atoms. The van der Waals surface area contributed by atoms with Crippen molar-refractivity contribution >= 4 is 47.2 Å². The first-order valence-electron chi connectivity index (χ1n) is 9.40.